The zero-order chi connectivity index (χ0) is 33.9. The van der Waals surface area contributed by atoms with Crippen molar-refractivity contribution in [2.24, 2.45) is 28.6 Å². The van der Waals surface area contributed by atoms with Gasteiger partial charge >= 0.3 is 6.09 Å². The van der Waals surface area contributed by atoms with Crippen molar-refractivity contribution in [3.05, 3.63) is 0 Å². The Morgan fingerprint density at radius 2 is 1.88 bits per heavy atom. The van der Waals surface area contributed by atoms with Crippen molar-refractivity contribution < 1.29 is 28.5 Å². The summed E-state index contributed by atoms with van der Waals surface area (Å²) in [6.45, 7) is 16.5. The summed E-state index contributed by atoms with van der Waals surface area (Å²) in [5, 5.41) is 7.02. The summed E-state index contributed by atoms with van der Waals surface area (Å²) in [6, 6.07) is 0.495. The summed E-state index contributed by atoms with van der Waals surface area (Å²) < 4.78 is 24.7. The maximum atomic E-state index is 12.9. The van der Waals surface area contributed by atoms with Crippen molar-refractivity contribution in [2.75, 3.05) is 46.4 Å². The molecular weight excluding hydrogens is 608 g/mol. The Kier molecular flexibility index (Phi) is 9.66. The van der Waals surface area contributed by atoms with Gasteiger partial charge in [0.15, 0.2) is 6.29 Å². The first kappa shape index (κ1) is 35.0. The van der Waals surface area contributed by atoms with E-state index >= 15 is 0 Å². The highest BCUT2D eigenvalue weighted by atomic mass is 16.7. The lowest BCUT2D eigenvalue weighted by atomic mass is 9.61. The van der Waals surface area contributed by atoms with Crippen LogP contribution in [0, 0.1) is 28.6 Å². The first-order valence-electron chi connectivity index (χ1n) is 19.5. The van der Waals surface area contributed by atoms with E-state index in [1.54, 1.807) is 0 Å². The number of piperidine rings is 2. The highest BCUT2D eigenvalue weighted by Gasteiger charge is 2.77. The van der Waals surface area contributed by atoms with Gasteiger partial charge in [0.1, 0.15) is 0 Å². The van der Waals surface area contributed by atoms with E-state index in [1.807, 2.05) is 4.90 Å². The lowest BCUT2D eigenvalue weighted by Crippen LogP contribution is -2.68. The Hall–Kier alpha value is -1.46. The number of morpholine rings is 1. The largest absolute Gasteiger partial charge is 0.453 e. The molecule has 2 spiro atoms. The Labute approximate surface area is 289 Å². The molecule has 0 bridgehead atoms. The number of carbonyl (C=O) groups excluding carboxylic acids is 2. The van der Waals surface area contributed by atoms with Crippen LogP contribution in [0.4, 0.5) is 4.79 Å². The van der Waals surface area contributed by atoms with Crippen LogP contribution in [0.5, 0.6) is 0 Å². The van der Waals surface area contributed by atoms with Crippen molar-refractivity contribution in [3.63, 3.8) is 0 Å². The molecule has 10 heteroatoms. The molecule has 2 amide bonds. The summed E-state index contributed by atoms with van der Waals surface area (Å²) in [5.41, 5.74) is 0.593. The molecule has 48 heavy (non-hydrogen) atoms. The van der Waals surface area contributed by atoms with Crippen LogP contribution in [0.15, 0.2) is 0 Å². The van der Waals surface area contributed by atoms with E-state index in [0.29, 0.717) is 56.5 Å². The first-order valence-corrected chi connectivity index (χ1v) is 19.5. The Balaban J connectivity index is 1.03. The predicted octanol–water partition coefficient (Wildman–Crippen LogP) is 5.09. The molecule has 2 N–H and O–H groups in total. The standard InChI is InChI=1S/C38H64N4O6/c1-7-36(5)14-15-37-24-38(37)13-10-30(48-32-23-41(18-19-46-32)31(43)21-26-8-9-26)35(3,4)42(38)17-12-29(37)40-22-28-33(36)25(2)20-27(47-28)11-16-39-34(44)45-6/h25-30,32-33,40H,7-24H2,1-6H3,(H,39,44)/t25-,27?,28?,29-,30+,32?,33?,36-,37+,38+/m1/s1. The van der Waals surface area contributed by atoms with Gasteiger partial charge in [-0.05, 0) is 101 Å². The molecule has 10 atom stereocenters. The van der Waals surface area contributed by atoms with Crippen LogP contribution in [0.3, 0.4) is 0 Å². The number of nitrogens with zero attached hydrogens (tertiary/aromatic N) is 2. The third-order valence-corrected chi connectivity index (χ3v) is 14.7. The van der Waals surface area contributed by atoms with Gasteiger partial charge in [0.2, 0.25) is 5.91 Å². The van der Waals surface area contributed by atoms with E-state index in [2.05, 4.69) is 50.2 Å². The van der Waals surface area contributed by atoms with Gasteiger partial charge in [-0.15, -0.1) is 0 Å². The number of rotatable bonds is 8. The molecule has 272 valence electrons. The van der Waals surface area contributed by atoms with Crippen molar-refractivity contribution in [3.8, 4) is 0 Å². The molecule has 0 aromatic carbocycles. The Bertz CT molecular complexity index is 1200. The molecule has 7 rings (SSSR count). The van der Waals surface area contributed by atoms with E-state index in [4.69, 9.17) is 18.9 Å². The highest BCUT2D eigenvalue weighted by molar-refractivity contribution is 5.76. The Morgan fingerprint density at radius 3 is 2.62 bits per heavy atom. The molecule has 0 aromatic heterocycles. The normalized spacial score (nSPS) is 44.0. The van der Waals surface area contributed by atoms with Crippen molar-refractivity contribution in [1.29, 1.82) is 0 Å². The molecule has 0 radical (unpaired) electrons. The molecule has 2 saturated carbocycles. The number of ether oxygens (including phenoxy) is 4. The van der Waals surface area contributed by atoms with E-state index in [0.717, 1.165) is 51.6 Å². The summed E-state index contributed by atoms with van der Waals surface area (Å²) in [4.78, 5) is 29.4. The monoisotopic (exact) mass is 672 g/mol. The van der Waals surface area contributed by atoms with E-state index < -0.39 is 0 Å². The second-order valence-corrected chi connectivity index (χ2v) is 17.6. The number of hydrogen-bond donors (Lipinski definition) is 2. The van der Waals surface area contributed by atoms with Crippen LogP contribution in [-0.2, 0) is 23.7 Å². The van der Waals surface area contributed by atoms with Gasteiger partial charge < -0.3 is 34.5 Å². The molecule has 2 aliphatic carbocycles. The third-order valence-electron chi connectivity index (χ3n) is 14.7. The van der Waals surface area contributed by atoms with E-state index in [9.17, 15) is 9.59 Å². The Morgan fingerprint density at radius 1 is 1.06 bits per heavy atom. The molecule has 5 aliphatic heterocycles. The number of methoxy groups -OCH3 is 1. The van der Waals surface area contributed by atoms with Crippen molar-refractivity contribution >= 4 is 12.0 Å². The minimum absolute atomic E-state index is 0.0775. The number of fused-ring (bicyclic) bond motifs is 1. The average molecular weight is 673 g/mol. The maximum absolute atomic E-state index is 12.9. The SMILES string of the molecule is CC[C@]1(C)CC[C@@]23C[C@@]24CC[C@H](OC2CN(C(=O)CC5CC5)CCO2)C(C)(C)N4CC[C@H]3NCC2OC(CCNC(=O)OC)C[C@@H](C)C21. The zero-order valence-electron chi connectivity index (χ0n) is 30.7. The summed E-state index contributed by atoms with van der Waals surface area (Å²) in [6.07, 6.45) is 12.9. The lowest BCUT2D eigenvalue weighted by Gasteiger charge is -2.58. The van der Waals surface area contributed by atoms with Gasteiger partial charge in [-0.3, -0.25) is 9.69 Å². The maximum Gasteiger partial charge on any atom is 0.406 e. The van der Waals surface area contributed by atoms with Gasteiger partial charge in [0.25, 0.3) is 0 Å². The number of hydrogen-bond acceptors (Lipinski definition) is 8. The fraction of sp³-hybridized carbons (Fsp3) is 0.947. The zero-order valence-corrected chi connectivity index (χ0v) is 30.7. The molecule has 7 aliphatic rings. The van der Waals surface area contributed by atoms with Gasteiger partial charge in [-0.25, -0.2) is 4.79 Å². The minimum Gasteiger partial charge on any atom is -0.453 e. The highest BCUT2D eigenvalue weighted by Crippen LogP contribution is 2.73. The molecule has 0 aromatic rings. The number of amides is 2. The van der Waals surface area contributed by atoms with Crippen LogP contribution in [0.2, 0.25) is 0 Å². The van der Waals surface area contributed by atoms with Gasteiger partial charge in [0.05, 0.1) is 38.6 Å². The van der Waals surface area contributed by atoms with E-state index in [-0.39, 0.29) is 58.5 Å². The average Bonchev–Trinajstić information content (AvgIpc) is 3.99. The van der Waals surface area contributed by atoms with Crippen LogP contribution in [0.1, 0.15) is 112 Å². The lowest BCUT2D eigenvalue weighted by molar-refractivity contribution is -0.240. The van der Waals surface area contributed by atoms with Gasteiger partial charge in [0, 0.05) is 55.1 Å². The third kappa shape index (κ3) is 6.22. The fourth-order valence-corrected chi connectivity index (χ4v) is 11.6. The van der Waals surface area contributed by atoms with Crippen LogP contribution in [-0.4, -0.2) is 110 Å². The predicted molar refractivity (Wildman–Crippen MR) is 183 cm³/mol. The van der Waals surface area contributed by atoms with Gasteiger partial charge in [-0.1, -0.05) is 27.2 Å². The second kappa shape index (κ2) is 13.3. The quantitative estimate of drug-likeness (QED) is 0.368. The molecule has 10 nitrogen and oxygen atoms in total. The first-order chi connectivity index (χ1) is 22.9. The van der Waals surface area contributed by atoms with Crippen molar-refractivity contribution in [1.82, 2.24) is 20.4 Å². The molecule has 5 heterocycles. The minimum atomic E-state index is -0.372. The van der Waals surface area contributed by atoms with Crippen LogP contribution < -0.4 is 10.6 Å². The molecule has 5 saturated heterocycles. The molecule has 7 fully saturated rings. The summed E-state index contributed by atoms with van der Waals surface area (Å²) in [5.74, 6) is 1.95. The fourth-order valence-electron chi connectivity index (χ4n) is 11.6. The van der Waals surface area contributed by atoms with Crippen LogP contribution in [0.25, 0.3) is 0 Å². The van der Waals surface area contributed by atoms with E-state index in [1.165, 1.54) is 39.2 Å². The number of alkyl carbamates (subject to hydrolysis) is 1. The van der Waals surface area contributed by atoms with Crippen molar-refractivity contribution in [2.45, 2.75) is 153 Å². The second-order valence-electron chi connectivity index (χ2n) is 17.6. The number of nitrogens with one attached hydrogen (secondary N) is 2. The van der Waals surface area contributed by atoms with Gasteiger partial charge in [-0.2, -0.15) is 0 Å². The van der Waals surface area contributed by atoms with Crippen LogP contribution >= 0.6 is 0 Å². The smallest absolute Gasteiger partial charge is 0.406 e. The number of carbonyl (C=O) groups is 2. The topological polar surface area (TPSA) is 102 Å². The summed E-state index contributed by atoms with van der Waals surface area (Å²) in [7, 11) is 1.41. The molecular formula is C38H64N4O6. The summed E-state index contributed by atoms with van der Waals surface area (Å²) >= 11 is 0. The molecule has 4 unspecified atom stereocenters.